The molecule has 1 amide bonds. The van der Waals surface area contributed by atoms with Crippen LogP contribution in [-0.4, -0.2) is 22.2 Å². The molecule has 1 aliphatic rings. The van der Waals surface area contributed by atoms with Crippen LogP contribution in [0.2, 0.25) is 0 Å². The van der Waals surface area contributed by atoms with Crippen molar-refractivity contribution >= 4 is 11.7 Å². The van der Waals surface area contributed by atoms with Gasteiger partial charge in [0.25, 0.3) is 5.91 Å². The average Bonchev–Trinajstić information content (AvgIpc) is 3.41. The number of aromatic nitrogens is 2. The molecule has 0 saturated heterocycles. The number of carbonyl (C=O) groups excluding carboxylic acids is 1. The molecule has 0 atom stereocenters. The summed E-state index contributed by atoms with van der Waals surface area (Å²) in [6.45, 7) is 0.351. The number of hydrogen-bond acceptors (Lipinski definition) is 2. The van der Waals surface area contributed by atoms with Crippen molar-refractivity contribution in [3.63, 3.8) is 0 Å². The number of benzene rings is 2. The van der Waals surface area contributed by atoms with E-state index in [0.29, 0.717) is 12.6 Å². The lowest BCUT2D eigenvalue weighted by Crippen LogP contribution is -2.87. The highest BCUT2D eigenvalue weighted by molar-refractivity contribution is 5.90. The van der Waals surface area contributed by atoms with E-state index in [2.05, 4.69) is 40.0 Å². The monoisotopic (exact) mass is 375 g/mol. The van der Waals surface area contributed by atoms with Crippen LogP contribution in [0.3, 0.4) is 0 Å². The van der Waals surface area contributed by atoms with E-state index in [1.807, 2.05) is 47.1 Å². The van der Waals surface area contributed by atoms with Crippen LogP contribution in [0.25, 0.3) is 0 Å². The normalized spacial score (nSPS) is 14.5. The standard InChI is InChI=1S/C23H26N4O/c28-22(26-21-15-16-25-27(21)20-13-7-8-14-20)17-24-23(18-9-3-1-4-10-18)19-11-5-2-6-12-19/h1-6,9-12,15-16,20,23-24H,7-8,13-14,17H2,(H,26,28)/p+1. The molecule has 3 aromatic rings. The first-order chi connectivity index (χ1) is 13.8. The van der Waals surface area contributed by atoms with Crippen LogP contribution >= 0.6 is 0 Å². The third-order valence-electron chi connectivity index (χ3n) is 5.46. The van der Waals surface area contributed by atoms with E-state index in [9.17, 15) is 4.79 Å². The Labute approximate surface area is 165 Å². The molecule has 0 spiro atoms. The van der Waals surface area contributed by atoms with Gasteiger partial charge in [-0.1, -0.05) is 73.5 Å². The third kappa shape index (κ3) is 4.31. The molecule has 1 heterocycles. The molecular weight excluding hydrogens is 348 g/mol. The van der Waals surface area contributed by atoms with Gasteiger partial charge in [-0.3, -0.25) is 4.79 Å². The van der Waals surface area contributed by atoms with Crippen LogP contribution < -0.4 is 10.6 Å². The summed E-state index contributed by atoms with van der Waals surface area (Å²) in [7, 11) is 0. The van der Waals surface area contributed by atoms with Gasteiger partial charge in [-0.15, -0.1) is 0 Å². The summed E-state index contributed by atoms with van der Waals surface area (Å²) in [5.41, 5.74) is 2.38. The highest BCUT2D eigenvalue weighted by atomic mass is 16.2. The summed E-state index contributed by atoms with van der Waals surface area (Å²) < 4.78 is 1.98. The van der Waals surface area contributed by atoms with Crippen molar-refractivity contribution in [2.75, 3.05) is 11.9 Å². The van der Waals surface area contributed by atoms with Crippen molar-refractivity contribution < 1.29 is 10.1 Å². The van der Waals surface area contributed by atoms with Crippen molar-refractivity contribution in [2.45, 2.75) is 37.8 Å². The molecule has 0 radical (unpaired) electrons. The Hall–Kier alpha value is -2.92. The molecule has 0 aliphatic heterocycles. The van der Waals surface area contributed by atoms with Gasteiger partial charge in [0.15, 0.2) is 6.54 Å². The first-order valence-corrected chi connectivity index (χ1v) is 10.1. The van der Waals surface area contributed by atoms with E-state index < -0.39 is 0 Å². The maximum Gasteiger partial charge on any atom is 0.280 e. The molecule has 5 nitrogen and oxygen atoms in total. The van der Waals surface area contributed by atoms with Gasteiger partial charge in [-0.25, -0.2) is 4.68 Å². The summed E-state index contributed by atoms with van der Waals surface area (Å²) in [5, 5.41) is 9.58. The molecule has 28 heavy (non-hydrogen) atoms. The van der Waals surface area contributed by atoms with Gasteiger partial charge < -0.3 is 10.6 Å². The Bertz CT molecular complexity index is 846. The van der Waals surface area contributed by atoms with Crippen LogP contribution in [0.15, 0.2) is 72.9 Å². The fourth-order valence-corrected chi connectivity index (χ4v) is 4.06. The lowest BCUT2D eigenvalue weighted by molar-refractivity contribution is -0.676. The van der Waals surface area contributed by atoms with Gasteiger partial charge in [0.2, 0.25) is 0 Å². The number of nitrogens with two attached hydrogens (primary N) is 1. The lowest BCUT2D eigenvalue weighted by atomic mass is 9.99. The second-order valence-corrected chi connectivity index (χ2v) is 7.39. The minimum absolute atomic E-state index is 0.00314. The highest BCUT2D eigenvalue weighted by Crippen LogP contribution is 2.31. The van der Waals surface area contributed by atoms with E-state index >= 15 is 0 Å². The van der Waals surface area contributed by atoms with Gasteiger partial charge in [-0.05, 0) is 12.8 Å². The molecule has 3 N–H and O–H groups in total. The van der Waals surface area contributed by atoms with Crippen LogP contribution in [-0.2, 0) is 4.79 Å². The van der Waals surface area contributed by atoms with Crippen LogP contribution in [0.4, 0.5) is 5.82 Å². The number of hydrogen-bond donors (Lipinski definition) is 2. The molecular formula is C23H27N4O+. The average molecular weight is 375 g/mol. The number of rotatable bonds is 7. The Morgan fingerprint density at radius 2 is 1.61 bits per heavy atom. The number of anilines is 1. The van der Waals surface area contributed by atoms with Crippen LogP contribution in [0.5, 0.6) is 0 Å². The predicted octanol–water partition coefficient (Wildman–Crippen LogP) is 3.29. The van der Waals surface area contributed by atoms with E-state index in [0.717, 1.165) is 18.7 Å². The zero-order valence-electron chi connectivity index (χ0n) is 16.0. The topological polar surface area (TPSA) is 63.5 Å². The maximum atomic E-state index is 12.7. The number of quaternary nitrogens is 1. The molecule has 0 unspecified atom stereocenters. The van der Waals surface area contributed by atoms with Gasteiger partial charge >= 0.3 is 0 Å². The fraction of sp³-hybridized carbons (Fsp3) is 0.304. The Balaban J connectivity index is 1.43. The van der Waals surface area contributed by atoms with Gasteiger partial charge in [-0.2, -0.15) is 5.10 Å². The van der Waals surface area contributed by atoms with E-state index in [1.54, 1.807) is 6.20 Å². The van der Waals surface area contributed by atoms with Gasteiger partial charge in [0, 0.05) is 17.2 Å². The zero-order chi connectivity index (χ0) is 19.2. The summed E-state index contributed by atoms with van der Waals surface area (Å²) >= 11 is 0. The number of carbonyl (C=O) groups is 1. The van der Waals surface area contributed by atoms with E-state index in [4.69, 9.17) is 0 Å². The summed E-state index contributed by atoms with van der Waals surface area (Å²) in [4.78, 5) is 12.7. The quantitative estimate of drug-likeness (QED) is 0.666. The van der Waals surface area contributed by atoms with E-state index in [-0.39, 0.29) is 11.9 Å². The van der Waals surface area contributed by atoms with Crippen molar-refractivity contribution in [3.8, 4) is 0 Å². The summed E-state index contributed by atoms with van der Waals surface area (Å²) in [5.74, 6) is 0.804. The molecule has 1 aromatic heterocycles. The first kappa shape index (κ1) is 18.4. The molecule has 0 bridgehead atoms. The van der Waals surface area contributed by atoms with Crippen molar-refractivity contribution in [3.05, 3.63) is 84.1 Å². The zero-order valence-corrected chi connectivity index (χ0v) is 16.0. The number of amides is 1. The third-order valence-corrected chi connectivity index (χ3v) is 5.46. The number of nitrogens with zero attached hydrogens (tertiary/aromatic N) is 2. The molecule has 2 aromatic carbocycles. The molecule has 1 fully saturated rings. The molecule has 1 saturated carbocycles. The van der Waals surface area contributed by atoms with E-state index in [1.165, 1.54) is 24.0 Å². The largest absolute Gasteiger partial charge is 0.328 e. The van der Waals surface area contributed by atoms with Crippen molar-refractivity contribution in [1.29, 1.82) is 0 Å². The summed E-state index contributed by atoms with van der Waals surface area (Å²) in [6, 6.07) is 23.0. The van der Waals surface area contributed by atoms with Crippen molar-refractivity contribution in [1.82, 2.24) is 9.78 Å². The van der Waals surface area contributed by atoms with Gasteiger partial charge in [0.05, 0.1) is 12.2 Å². The predicted molar refractivity (Wildman–Crippen MR) is 110 cm³/mol. The number of nitrogens with one attached hydrogen (secondary N) is 1. The maximum absolute atomic E-state index is 12.7. The molecule has 4 rings (SSSR count). The van der Waals surface area contributed by atoms with Crippen LogP contribution in [0.1, 0.15) is 48.9 Å². The Kier molecular flexibility index (Phi) is 5.83. The smallest absolute Gasteiger partial charge is 0.280 e. The minimum atomic E-state index is -0.00314. The molecule has 144 valence electrons. The lowest BCUT2D eigenvalue weighted by Gasteiger charge is -2.17. The SMILES string of the molecule is O=C(C[NH2+]C(c1ccccc1)c1ccccc1)Nc1ccnn1C1CCCC1. The summed E-state index contributed by atoms with van der Waals surface area (Å²) in [6.07, 6.45) is 6.53. The van der Waals surface area contributed by atoms with Crippen LogP contribution in [0, 0.1) is 0 Å². The second-order valence-electron chi connectivity index (χ2n) is 7.39. The highest BCUT2D eigenvalue weighted by Gasteiger charge is 2.22. The first-order valence-electron chi connectivity index (χ1n) is 10.1. The van der Waals surface area contributed by atoms with Crippen molar-refractivity contribution in [2.24, 2.45) is 0 Å². The molecule has 5 heteroatoms. The second kappa shape index (κ2) is 8.85. The fourth-order valence-electron chi connectivity index (χ4n) is 4.06. The Morgan fingerprint density at radius 1 is 1.00 bits per heavy atom. The van der Waals surface area contributed by atoms with Gasteiger partial charge in [0.1, 0.15) is 11.9 Å². The molecule has 1 aliphatic carbocycles. The minimum Gasteiger partial charge on any atom is -0.328 e. The Morgan fingerprint density at radius 3 is 2.21 bits per heavy atom.